The topological polar surface area (TPSA) is 52.6 Å². The number of hydrogen-bond donors (Lipinski definition) is 0. The van der Waals surface area contributed by atoms with Gasteiger partial charge in [0.15, 0.2) is 0 Å². The van der Waals surface area contributed by atoms with Crippen molar-refractivity contribution in [3.63, 3.8) is 0 Å². The number of ether oxygens (including phenoxy) is 1. The fourth-order valence-electron chi connectivity index (χ4n) is 8.57. The third kappa shape index (κ3) is 5.02. The first-order valence-electron chi connectivity index (χ1n) is 13.3. The van der Waals surface area contributed by atoms with Crippen molar-refractivity contribution in [2.45, 2.75) is 97.5 Å². The van der Waals surface area contributed by atoms with Crippen molar-refractivity contribution >= 4 is 10.1 Å². The average Bonchev–Trinajstić information content (AvgIpc) is 3.10. The number of unbranched alkanes of at least 4 members (excludes halogenated alkanes) is 2. The van der Waals surface area contributed by atoms with Gasteiger partial charge in [-0.3, -0.25) is 4.18 Å². The van der Waals surface area contributed by atoms with Crippen molar-refractivity contribution in [1.82, 2.24) is 0 Å². The zero-order chi connectivity index (χ0) is 23.9. The molecule has 4 aliphatic carbocycles. The summed E-state index contributed by atoms with van der Waals surface area (Å²) < 4.78 is 34.0. The fourth-order valence-corrected chi connectivity index (χ4v) is 9.23. The Morgan fingerprint density at radius 2 is 1.91 bits per heavy atom. The smallest absolute Gasteiger partial charge is 0.264 e. The SMILES string of the molecule is COCCCC/C=C(\C)[C@H]1CC[C@H]2[C@@H]3CC=C4C[C@@H](OS(C)(=O)=O)CC[C@]4(C)[C@H]3CC[C@]12C. The maximum atomic E-state index is 11.7. The van der Waals surface area contributed by atoms with Crippen molar-refractivity contribution in [2.75, 3.05) is 20.0 Å². The molecular formula is C28H46O4S. The van der Waals surface area contributed by atoms with Crippen molar-refractivity contribution < 1.29 is 17.3 Å². The van der Waals surface area contributed by atoms with Crippen LogP contribution in [0.15, 0.2) is 23.3 Å². The molecule has 188 valence electrons. The third-order valence-electron chi connectivity index (χ3n) is 10.2. The van der Waals surface area contributed by atoms with Gasteiger partial charge in [-0.2, -0.15) is 8.42 Å². The fraction of sp³-hybridized carbons (Fsp3) is 0.857. The summed E-state index contributed by atoms with van der Waals surface area (Å²) in [5.41, 5.74) is 3.78. The quantitative estimate of drug-likeness (QED) is 0.222. The van der Waals surface area contributed by atoms with Gasteiger partial charge in [0.2, 0.25) is 0 Å². The first-order valence-corrected chi connectivity index (χ1v) is 15.1. The first-order chi connectivity index (χ1) is 15.6. The Hall–Kier alpha value is -0.650. The molecule has 0 aromatic carbocycles. The molecule has 4 aliphatic rings. The summed E-state index contributed by atoms with van der Waals surface area (Å²) in [7, 11) is -1.60. The molecule has 0 N–H and O–H groups in total. The molecule has 0 bridgehead atoms. The molecule has 0 saturated heterocycles. The molecule has 7 atom stereocenters. The minimum Gasteiger partial charge on any atom is -0.385 e. The maximum Gasteiger partial charge on any atom is 0.264 e. The summed E-state index contributed by atoms with van der Waals surface area (Å²) >= 11 is 0. The molecule has 3 fully saturated rings. The van der Waals surface area contributed by atoms with E-state index in [1.165, 1.54) is 56.8 Å². The van der Waals surface area contributed by atoms with E-state index < -0.39 is 10.1 Å². The Kier molecular flexibility index (Phi) is 7.54. The van der Waals surface area contributed by atoms with Gasteiger partial charge < -0.3 is 4.74 Å². The van der Waals surface area contributed by atoms with Crippen molar-refractivity contribution in [3.8, 4) is 0 Å². The summed E-state index contributed by atoms with van der Waals surface area (Å²) in [5.74, 6) is 3.08. The molecule has 0 heterocycles. The second-order valence-corrected chi connectivity index (χ2v) is 13.6. The van der Waals surface area contributed by atoms with Crippen LogP contribution in [0.25, 0.3) is 0 Å². The zero-order valence-electron chi connectivity index (χ0n) is 21.6. The Morgan fingerprint density at radius 1 is 1.12 bits per heavy atom. The van der Waals surface area contributed by atoms with Gasteiger partial charge in [0.25, 0.3) is 10.1 Å². The highest BCUT2D eigenvalue weighted by Crippen LogP contribution is 2.67. The minimum atomic E-state index is -3.39. The molecule has 0 aromatic heterocycles. The maximum absolute atomic E-state index is 11.7. The molecule has 33 heavy (non-hydrogen) atoms. The van der Waals surface area contributed by atoms with Crippen LogP contribution in [0, 0.1) is 34.5 Å². The number of methoxy groups -OCH3 is 1. The highest BCUT2D eigenvalue weighted by Gasteiger charge is 2.58. The van der Waals surface area contributed by atoms with Crippen LogP contribution in [-0.2, 0) is 19.0 Å². The van der Waals surface area contributed by atoms with Crippen LogP contribution in [0.5, 0.6) is 0 Å². The van der Waals surface area contributed by atoms with Gasteiger partial charge in [0.1, 0.15) is 0 Å². The van der Waals surface area contributed by atoms with Crippen molar-refractivity contribution in [3.05, 3.63) is 23.3 Å². The highest BCUT2D eigenvalue weighted by atomic mass is 32.2. The monoisotopic (exact) mass is 478 g/mol. The largest absolute Gasteiger partial charge is 0.385 e. The lowest BCUT2D eigenvalue weighted by atomic mass is 9.47. The van der Waals surface area contributed by atoms with Gasteiger partial charge in [0, 0.05) is 13.7 Å². The Balaban J connectivity index is 1.46. The summed E-state index contributed by atoms with van der Waals surface area (Å²) in [6.07, 6.45) is 18.9. The molecule has 4 nitrogen and oxygen atoms in total. The number of allylic oxidation sites excluding steroid dienone is 3. The van der Waals surface area contributed by atoms with Crippen LogP contribution < -0.4 is 0 Å². The third-order valence-corrected chi connectivity index (χ3v) is 10.8. The van der Waals surface area contributed by atoms with Gasteiger partial charge in [-0.25, -0.2) is 0 Å². The molecule has 4 rings (SSSR count). The normalized spacial score (nSPS) is 41.2. The van der Waals surface area contributed by atoms with E-state index in [0.29, 0.717) is 5.41 Å². The Labute approximate surface area is 202 Å². The zero-order valence-corrected chi connectivity index (χ0v) is 22.4. The van der Waals surface area contributed by atoms with Gasteiger partial charge in [-0.1, -0.05) is 37.1 Å². The number of fused-ring (bicyclic) bond motifs is 5. The molecule has 0 amide bonds. The molecule has 0 spiro atoms. The van der Waals surface area contributed by atoms with Gasteiger partial charge in [0.05, 0.1) is 12.4 Å². The predicted molar refractivity (Wildman–Crippen MR) is 134 cm³/mol. The molecule has 0 aliphatic heterocycles. The second-order valence-electron chi connectivity index (χ2n) is 12.0. The van der Waals surface area contributed by atoms with E-state index in [0.717, 1.165) is 56.0 Å². The minimum absolute atomic E-state index is 0.169. The highest BCUT2D eigenvalue weighted by molar-refractivity contribution is 7.86. The second kappa shape index (κ2) is 9.78. The van der Waals surface area contributed by atoms with E-state index in [4.69, 9.17) is 8.92 Å². The standard InChI is InChI=1S/C28H46O4S/c1-20(9-7-6-8-18-31-4)24-12-13-25-23-11-10-21-19-22(32-33(5,29)30)14-16-27(21,2)26(23)15-17-28(24,25)3/h9-10,22-26H,6-8,11-19H2,1-5H3/b20-9+/t22-,23-,24+,25-,26-,27-,28+/m0/s1. The van der Waals surface area contributed by atoms with Crippen LogP contribution in [0.3, 0.4) is 0 Å². The van der Waals surface area contributed by atoms with Crippen LogP contribution in [-0.4, -0.2) is 34.5 Å². The van der Waals surface area contributed by atoms with E-state index in [-0.39, 0.29) is 11.5 Å². The molecule has 0 radical (unpaired) electrons. The van der Waals surface area contributed by atoms with E-state index >= 15 is 0 Å². The van der Waals surface area contributed by atoms with E-state index in [1.807, 2.05) is 0 Å². The first kappa shape index (κ1) is 25.4. The molecule has 5 heteroatoms. The molecular weight excluding hydrogens is 432 g/mol. The number of hydrogen-bond acceptors (Lipinski definition) is 4. The Bertz CT molecular complexity index is 874. The van der Waals surface area contributed by atoms with Gasteiger partial charge in [-0.15, -0.1) is 0 Å². The average molecular weight is 479 g/mol. The van der Waals surface area contributed by atoms with E-state index in [2.05, 4.69) is 32.9 Å². The lowest BCUT2D eigenvalue weighted by molar-refractivity contribution is -0.0432. The predicted octanol–water partition coefficient (Wildman–Crippen LogP) is 6.67. The summed E-state index contributed by atoms with van der Waals surface area (Å²) in [6.45, 7) is 8.34. The van der Waals surface area contributed by atoms with Gasteiger partial charge in [-0.05, 0) is 112 Å². The van der Waals surface area contributed by atoms with Crippen LogP contribution in [0.2, 0.25) is 0 Å². The van der Waals surface area contributed by atoms with Crippen molar-refractivity contribution in [1.29, 1.82) is 0 Å². The van der Waals surface area contributed by atoms with Crippen LogP contribution in [0.1, 0.15) is 91.4 Å². The summed E-state index contributed by atoms with van der Waals surface area (Å²) in [6, 6.07) is 0. The van der Waals surface area contributed by atoms with Crippen LogP contribution in [0.4, 0.5) is 0 Å². The molecule has 0 aromatic rings. The lowest BCUT2D eigenvalue weighted by Gasteiger charge is -2.58. The lowest BCUT2D eigenvalue weighted by Crippen LogP contribution is -2.50. The van der Waals surface area contributed by atoms with Gasteiger partial charge >= 0.3 is 0 Å². The van der Waals surface area contributed by atoms with E-state index in [1.54, 1.807) is 12.7 Å². The van der Waals surface area contributed by atoms with Crippen LogP contribution >= 0.6 is 0 Å². The Morgan fingerprint density at radius 3 is 2.64 bits per heavy atom. The number of rotatable bonds is 8. The summed E-state index contributed by atoms with van der Waals surface area (Å²) in [4.78, 5) is 0. The van der Waals surface area contributed by atoms with E-state index in [9.17, 15) is 8.42 Å². The van der Waals surface area contributed by atoms with Crippen molar-refractivity contribution in [2.24, 2.45) is 34.5 Å². The molecule has 3 saturated carbocycles. The summed E-state index contributed by atoms with van der Waals surface area (Å²) in [5, 5.41) is 0. The molecule has 0 unspecified atom stereocenters.